The van der Waals surface area contributed by atoms with E-state index < -0.39 is 0 Å². The van der Waals surface area contributed by atoms with Crippen molar-refractivity contribution in [2.45, 2.75) is 58.9 Å². The number of hydrogen-bond acceptors (Lipinski definition) is 4. The van der Waals surface area contributed by atoms with E-state index in [2.05, 4.69) is 55.3 Å². The summed E-state index contributed by atoms with van der Waals surface area (Å²) in [7, 11) is 0. The van der Waals surface area contributed by atoms with Gasteiger partial charge in [-0.1, -0.05) is 32.9 Å². The zero-order valence-corrected chi connectivity index (χ0v) is 17.2. The highest BCUT2D eigenvalue weighted by Crippen LogP contribution is 2.36. The van der Waals surface area contributed by atoms with Gasteiger partial charge < -0.3 is 10.3 Å². The Balaban J connectivity index is 1.66. The van der Waals surface area contributed by atoms with Crippen LogP contribution in [0.25, 0.3) is 10.2 Å². The van der Waals surface area contributed by atoms with Crippen LogP contribution in [-0.4, -0.2) is 9.97 Å². The predicted molar refractivity (Wildman–Crippen MR) is 114 cm³/mol. The van der Waals surface area contributed by atoms with Gasteiger partial charge in [0.25, 0.3) is 5.56 Å². The third-order valence-corrected chi connectivity index (χ3v) is 6.68. The molecule has 4 rings (SSSR count). The van der Waals surface area contributed by atoms with Crippen LogP contribution in [0.5, 0.6) is 0 Å². The van der Waals surface area contributed by atoms with Crippen molar-refractivity contribution in [1.29, 1.82) is 0 Å². The van der Waals surface area contributed by atoms with Gasteiger partial charge >= 0.3 is 0 Å². The first-order valence-electron chi connectivity index (χ1n) is 9.83. The first kappa shape index (κ1) is 18.2. The van der Waals surface area contributed by atoms with E-state index in [1.807, 2.05) is 6.92 Å². The molecule has 4 nitrogen and oxygen atoms in total. The average Bonchev–Trinajstić information content (AvgIpc) is 2.99. The second kappa shape index (κ2) is 7.12. The molecular weight excluding hydrogens is 354 g/mol. The Hall–Kier alpha value is -2.14. The SMILES string of the molecule is CC(C)c1cccc(N[C@H](C)c2nc3sc4c(c3c(=O)[nH]2)CC[C@H](C)C4)c1. The molecule has 0 saturated carbocycles. The van der Waals surface area contributed by atoms with Gasteiger partial charge in [0.15, 0.2) is 0 Å². The molecule has 2 aromatic heterocycles. The van der Waals surface area contributed by atoms with Crippen LogP contribution in [-0.2, 0) is 12.8 Å². The summed E-state index contributed by atoms with van der Waals surface area (Å²) < 4.78 is 0. The van der Waals surface area contributed by atoms with Gasteiger partial charge in [-0.25, -0.2) is 4.98 Å². The maximum atomic E-state index is 12.8. The number of fused-ring (bicyclic) bond motifs is 3. The fourth-order valence-electron chi connectivity index (χ4n) is 3.88. The van der Waals surface area contributed by atoms with E-state index in [0.29, 0.717) is 17.7 Å². The van der Waals surface area contributed by atoms with Gasteiger partial charge in [-0.3, -0.25) is 4.79 Å². The topological polar surface area (TPSA) is 57.8 Å². The molecule has 2 atom stereocenters. The molecule has 3 aromatic rings. The molecule has 142 valence electrons. The monoisotopic (exact) mass is 381 g/mol. The van der Waals surface area contributed by atoms with Crippen molar-refractivity contribution in [3.63, 3.8) is 0 Å². The summed E-state index contributed by atoms with van der Waals surface area (Å²) in [5.74, 6) is 1.88. The van der Waals surface area contributed by atoms with Crippen LogP contribution >= 0.6 is 11.3 Å². The molecule has 0 aliphatic heterocycles. The lowest BCUT2D eigenvalue weighted by Crippen LogP contribution is -2.18. The summed E-state index contributed by atoms with van der Waals surface area (Å²) >= 11 is 1.70. The van der Waals surface area contributed by atoms with Crippen LogP contribution < -0.4 is 10.9 Å². The summed E-state index contributed by atoms with van der Waals surface area (Å²) in [5.41, 5.74) is 3.59. The Kier molecular flexibility index (Phi) is 4.81. The summed E-state index contributed by atoms with van der Waals surface area (Å²) in [6.45, 7) is 8.71. The Bertz CT molecular complexity index is 1030. The van der Waals surface area contributed by atoms with Gasteiger partial charge in [-0.2, -0.15) is 0 Å². The number of aryl methyl sites for hydroxylation is 1. The fourth-order valence-corrected chi connectivity index (χ4v) is 5.27. The van der Waals surface area contributed by atoms with Gasteiger partial charge in [0.05, 0.1) is 11.4 Å². The molecule has 2 N–H and O–H groups in total. The standard InChI is InChI=1S/C22H27N3OS/c1-12(2)15-6-5-7-16(11-15)23-14(4)20-24-21(26)19-17-9-8-13(3)10-18(17)27-22(19)25-20/h5-7,11-14,23H,8-10H2,1-4H3,(H,24,25,26)/t13-,14+/m0/s1. The summed E-state index contributed by atoms with van der Waals surface area (Å²) in [5, 5.41) is 4.31. The zero-order chi connectivity index (χ0) is 19.1. The first-order valence-corrected chi connectivity index (χ1v) is 10.6. The van der Waals surface area contributed by atoms with Gasteiger partial charge in [-0.15, -0.1) is 11.3 Å². The molecule has 1 aliphatic rings. The summed E-state index contributed by atoms with van der Waals surface area (Å²) in [4.78, 5) is 22.9. The van der Waals surface area contributed by atoms with Gasteiger partial charge in [0.2, 0.25) is 0 Å². The molecule has 2 heterocycles. The molecule has 0 amide bonds. The highest BCUT2D eigenvalue weighted by atomic mass is 32.1. The quantitative estimate of drug-likeness (QED) is 0.635. The Morgan fingerprint density at radius 3 is 2.89 bits per heavy atom. The van der Waals surface area contributed by atoms with Crippen molar-refractivity contribution in [3.05, 3.63) is 56.4 Å². The maximum absolute atomic E-state index is 12.8. The van der Waals surface area contributed by atoms with Gasteiger partial charge in [-0.05, 0) is 61.3 Å². The molecule has 27 heavy (non-hydrogen) atoms. The number of hydrogen-bond donors (Lipinski definition) is 2. The molecule has 1 aliphatic carbocycles. The van der Waals surface area contributed by atoms with E-state index in [1.54, 1.807) is 11.3 Å². The second-order valence-electron chi connectivity index (χ2n) is 8.13. The lowest BCUT2D eigenvalue weighted by molar-refractivity contribution is 0.509. The number of aromatic amines is 1. The van der Waals surface area contributed by atoms with Crippen LogP contribution in [0.4, 0.5) is 5.69 Å². The lowest BCUT2D eigenvalue weighted by Gasteiger charge is -2.17. The van der Waals surface area contributed by atoms with Gasteiger partial charge in [0.1, 0.15) is 10.7 Å². The van der Waals surface area contributed by atoms with Crippen molar-refractivity contribution in [1.82, 2.24) is 9.97 Å². The van der Waals surface area contributed by atoms with Crippen molar-refractivity contribution in [2.75, 3.05) is 5.32 Å². The highest BCUT2D eigenvalue weighted by Gasteiger charge is 2.23. The number of thiophene rings is 1. The molecule has 1 aromatic carbocycles. The molecule has 0 radical (unpaired) electrons. The number of benzene rings is 1. The second-order valence-corrected chi connectivity index (χ2v) is 9.21. The third-order valence-electron chi connectivity index (χ3n) is 5.53. The predicted octanol–water partition coefficient (Wildman–Crippen LogP) is 5.41. The number of rotatable bonds is 4. The van der Waals surface area contributed by atoms with E-state index in [9.17, 15) is 4.79 Å². The maximum Gasteiger partial charge on any atom is 0.259 e. The van der Waals surface area contributed by atoms with Gasteiger partial charge in [0, 0.05) is 10.6 Å². The van der Waals surface area contributed by atoms with E-state index in [-0.39, 0.29) is 11.6 Å². The summed E-state index contributed by atoms with van der Waals surface area (Å²) in [6, 6.07) is 8.37. The fraction of sp³-hybridized carbons (Fsp3) is 0.455. The van der Waals surface area contributed by atoms with Crippen LogP contribution in [0.15, 0.2) is 29.1 Å². The number of nitrogens with one attached hydrogen (secondary N) is 2. The van der Waals surface area contributed by atoms with Crippen LogP contribution in [0.2, 0.25) is 0 Å². The van der Waals surface area contributed by atoms with E-state index in [0.717, 1.165) is 35.2 Å². The molecule has 0 unspecified atom stereocenters. The summed E-state index contributed by atoms with van der Waals surface area (Å²) in [6.07, 6.45) is 3.22. The van der Waals surface area contributed by atoms with E-state index >= 15 is 0 Å². The van der Waals surface area contributed by atoms with Crippen molar-refractivity contribution < 1.29 is 0 Å². The third kappa shape index (κ3) is 3.53. The largest absolute Gasteiger partial charge is 0.375 e. The minimum atomic E-state index is -0.0671. The lowest BCUT2D eigenvalue weighted by atomic mass is 9.89. The highest BCUT2D eigenvalue weighted by molar-refractivity contribution is 7.18. The molecule has 0 fully saturated rings. The minimum Gasteiger partial charge on any atom is -0.375 e. The molecule has 5 heteroatoms. The normalized spacial score (nSPS) is 17.9. The van der Waals surface area contributed by atoms with E-state index in [4.69, 9.17) is 4.98 Å². The van der Waals surface area contributed by atoms with Crippen molar-refractivity contribution >= 4 is 27.2 Å². The first-order chi connectivity index (χ1) is 12.9. The molecule has 0 spiro atoms. The average molecular weight is 382 g/mol. The molecule has 0 bridgehead atoms. The van der Waals surface area contributed by atoms with Crippen LogP contribution in [0.1, 0.15) is 67.9 Å². The van der Waals surface area contributed by atoms with Crippen LogP contribution in [0, 0.1) is 5.92 Å². The number of H-pyrrole nitrogens is 1. The van der Waals surface area contributed by atoms with Crippen LogP contribution in [0.3, 0.4) is 0 Å². The van der Waals surface area contributed by atoms with E-state index in [1.165, 1.54) is 16.0 Å². The zero-order valence-electron chi connectivity index (χ0n) is 16.4. The molecular formula is C22H27N3OS. The Labute approximate surface area is 164 Å². The number of nitrogens with zero attached hydrogens (tertiary/aromatic N) is 1. The Morgan fingerprint density at radius 2 is 2.11 bits per heavy atom. The van der Waals surface area contributed by atoms with Crippen molar-refractivity contribution in [3.8, 4) is 0 Å². The van der Waals surface area contributed by atoms with Crippen molar-refractivity contribution in [2.24, 2.45) is 5.92 Å². The Morgan fingerprint density at radius 1 is 1.30 bits per heavy atom. The molecule has 0 saturated heterocycles. The smallest absolute Gasteiger partial charge is 0.259 e. The number of anilines is 1. The minimum absolute atomic E-state index is 0.00614. The number of aromatic nitrogens is 2.